The molecule has 3 nitrogen and oxygen atoms in total. The molecule has 3 aromatic rings. The van der Waals surface area contributed by atoms with Crippen molar-refractivity contribution in [1.29, 1.82) is 0 Å². The smallest absolute Gasteiger partial charge is 0.243 e. The van der Waals surface area contributed by atoms with E-state index in [1.165, 1.54) is 0 Å². The second kappa shape index (κ2) is 6.09. The van der Waals surface area contributed by atoms with E-state index in [9.17, 15) is 4.79 Å². The minimum Gasteiger partial charge on any atom is -0.376 e. The number of amides is 1. The fraction of sp³-hybridized carbons (Fsp3) is 0.0556. The molecule has 0 saturated heterocycles. The van der Waals surface area contributed by atoms with Crippen LogP contribution in [-0.4, -0.2) is 12.5 Å². The Labute approximate surface area is 123 Å². The van der Waals surface area contributed by atoms with Crippen LogP contribution in [0.2, 0.25) is 0 Å². The van der Waals surface area contributed by atoms with Crippen molar-refractivity contribution in [3.05, 3.63) is 72.8 Å². The molecule has 0 atom stereocenters. The Balaban J connectivity index is 1.69. The summed E-state index contributed by atoms with van der Waals surface area (Å²) in [7, 11) is 0. The Morgan fingerprint density at radius 2 is 1.52 bits per heavy atom. The summed E-state index contributed by atoms with van der Waals surface area (Å²) in [5, 5.41) is 8.22. The summed E-state index contributed by atoms with van der Waals surface area (Å²) in [4.78, 5) is 12.1. The molecule has 0 aliphatic heterocycles. The first-order chi connectivity index (χ1) is 10.3. The van der Waals surface area contributed by atoms with Gasteiger partial charge in [-0.1, -0.05) is 54.6 Å². The van der Waals surface area contributed by atoms with Gasteiger partial charge in [-0.15, -0.1) is 0 Å². The molecule has 0 spiro atoms. The second-order valence-electron chi connectivity index (χ2n) is 4.79. The van der Waals surface area contributed by atoms with Crippen LogP contribution < -0.4 is 10.6 Å². The van der Waals surface area contributed by atoms with Crippen molar-refractivity contribution in [2.75, 3.05) is 17.2 Å². The lowest BCUT2D eigenvalue weighted by Gasteiger charge is -2.10. The number of hydrogen-bond donors (Lipinski definition) is 2. The molecular formula is C18H16N2O. The predicted molar refractivity (Wildman–Crippen MR) is 87.5 cm³/mol. The van der Waals surface area contributed by atoms with Crippen LogP contribution in [0.4, 0.5) is 11.4 Å². The summed E-state index contributed by atoms with van der Waals surface area (Å²) in [5.74, 6) is -0.0600. The van der Waals surface area contributed by atoms with Gasteiger partial charge in [-0.3, -0.25) is 4.79 Å². The lowest BCUT2D eigenvalue weighted by Crippen LogP contribution is -2.21. The highest BCUT2D eigenvalue weighted by Crippen LogP contribution is 2.22. The van der Waals surface area contributed by atoms with E-state index in [1.54, 1.807) is 0 Å². The molecule has 2 N–H and O–H groups in total. The largest absolute Gasteiger partial charge is 0.376 e. The highest BCUT2D eigenvalue weighted by molar-refractivity contribution is 6.03. The quantitative estimate of drug-likeness (QED) is 0.759. The maximum absolute atomic E-state index is 12.1. The van der Waals surface area contributed by atoms with E-state index in [4.69, 9.17) is 0 Å². The number of benzene rings is 3. The van der Waals surface area contributed by atoms with Gasteiger partial charge in [0.1, 0.15) is 0 Å². The highest BCUT2D eigenvalue weighted by atomic mass is 16.1. The number of rotatable bonds is 4. The van der Waals surface area contributed by atoms with E-state index >= 15 is 0 Å². The second-order valence-corrected chi connectivity index (χ2v) is 4.79. The van der Waals surface area contributed by atoms with Gasteiger partial charge in [-0.05, 0) is 23.6 Å². The molecule has 0 radical (unpaired) electrons. The number of carbonyl (C=O) groups excluding carboxylic acids is 1. The Morgan fingerprint density at radius 3 is 2.38 bits per heavy atom. The SMILES string of the molecule is O=C(CNc1ccccc1)Nc1cccc2ccccc12. The average molecular weight is 276 g/mol. The normalized spacial score (nSPS) is 10.3. The molecule has 21 heavy (non-hydrogen) atoms. The Kier molecular flexibility index (Phi) is 3.83. The number of hydrogen-bond acceptors (Lipinski definition) is 2. The van der Waals surface area contributed by atoms with Crippen molar-refractivity contribution >= 4 is 28.1 Å². The maximum atomic E-state index is 12.1. The summed E-state index contributed by atoms with van der Waals surface area (Å²) in [6, 6.07) is 23.6. The summed E-state index contributed by atoms with van der Waals surface area (Å²) in [5.41, 5.74) is 1.78. The van der Waals surface area contributed by atoms with Gasteiger partial charge in [0.05, 0.1) is 6.54 Å². The lowest BCUT2D eigenvalue weighted by atomic mass is 10.1. The van der Waals surface area contributed by atoms with E-state index in [0.717, 1.165) is 22.1 Å². The van der Waals surface area contributed by atoms with E-state index in [2.05, 4.69) is 10.6 Å². The summed E-state index contributed by atoms with van der Waals surface area (Å²) in [6.07, 6.45) is 0. The van der Waals surface area contributed by atoms with Crippen molar-refractivity contribution in [3.63, 3.8) is 0 Å². The summed E-state index contributed by atoms with van der Waals surface area (Å²) < 4.78 is 0. The van der Waals surface area contributed by atoms with E-state index in [0.29, 0.717) is 0 Å². The average Bonchev–Trinajstić information content (AvgIpc) is 2.54. The van der Waals surface area contributed by atoms with E-state index in [-0.39, 0.29) is 12.5 Å². The molecule has 0 aliphatic rings. The number of nitrogens with one attached hydrogen (secondary N) is 2. The van der Waals surface area contributed by atoms with Gasteiger partial charge in [-0.2, -0.15) is 0 Å². The molecular weight excluding hydrogens is 260 g/mol. The van der Waals surface area contributed by atoms with Crippen LogP contribution in [0.1, 0.15) is 0 Å². The van der Waals surface area contributed by atoms with E-state index < -0.39 is 0 Å². The predicted octanol–water partition coefficient (Wildman–Crippen LogP) is 3.89. The zero-order valence-electron chi connectivity index (χ0n) is 11.5. The lowest BCUT2D eigenvalue weighted by molar-refractivity contribution is -0.114. The first kappa shape index (κ1) is 13.2. The number of anilines is 2. The first-order valence-corrected chi connectivity index (χ1v) is 6.89. The van der Waals surface area contributed by atoms with Crippen LogP contribution >= 0.6 is 0 Å². The Bertz CT molecular complexity index is 748. The first-order valence-electron chi connectivity index (χ1n) is 6.89. The highest BCUT2D eigenvalue weighted by Gasteiger charge is 2.05. The van der Waals surface area contributed by atoms with Crippen LogP contribution in [0.15, 0.2) is 72.8 Å². The van der Waals surface area contributed by atoms with Crippen LogP contribution in [0.25, 0.3) is 10.8 Å². The molecule has 0 fully saturated rings. The molecule has 3 aromatic carbocycles. The minimum absolute atomic E-state index is 0.0600. The molecule has 0 bridgehead atoms. The molecule has 0 aromatic heterocycles. The van der Waals surface area contributed by atoms with Gasteiger partial charge in [0, 0.05) is 16.8 Å². The molecule has 3 heteroatoms. The third kappa shape index (κ3) is 3.20. The van der Waals surface area contributed by atoms with Gasteiger partial charge in [0.2, 0.25) is 5.91 Å². The molecule has 0 unspecified atom stereocenters. The fourth-order valence-electron chi connectivity index (χ4n) is 2.27. The van der Waals surface area contributed by atoms with Gasteiger partial charge in [0.25, 0.3) is 0 Å². The third-order valence-corrected chi connectivity index (χ3v) is 3.29. The number of fused-ring (bicyclic) bond motifs is 1. The minimum atomic E-state index is -0.0600. The molecule has 104 valence electrons. The van der Waals surface area contributed by atoms with Crippen molar-refractivity contribution in [1.82, 2.24) is 0 Å². The Hall–Kier alpha value is -2.81. The molecule has 1 amide bonds. The van der Waals surface area contributed by atoms with E-state index in [1.807, 2.05) is 72.8 Å². The van der Waals surface area contributed by atoms with Gasteiger partial charge < -0.3 is 10.6 Å². The monoisotopic (exact) mass is 276 g/mol. The number of para-hydroxylation sites is 1. The van der Waals surface area contributed by atoms with Crippen LogP contribution in [-0.2, 0) is 4.79 Å². The van der Waals surface area contributed by atoms with Crippen LogP contribution in [0.3, 0.4) is 0 Å². The summed E-state index contributed by atoms with van der Waals surface area (Å²) in [6.45, 7) is 0.243. The van der Waals surface area contributed by atoms with Gasteiger partial charge >= 0.3 is 0 Å². The molecule has 0 heterocycles. The van der Waals surface area contributed by atoms with Crippen LogP contribution in [0.5, 0.6) is 0 Å². The van der Waals surface area contributed by atoms with Crippen molar-refractivity contribution < 1.29 is 4.79 Å². The maximum Gasteiger partial charge on any atom is 0.243 e. The fourth-order valence-corrected chi connectivity index (χ4v) is 2.27. The van der Waals surface area contributed by atoms with Crippen molar-refractivity contribution in [2.24, 2.45) is 0 Å². The van der Waals surface area contributed by atoms with Gasteiger partial charge in [0.15, 0.2) is 0 Å². The Morgan fingerprint density at radius 1 is 0.810 bits per heavy atom. The zero-order valence-corrected chi connectivity index (χ0v) is 11.5. The standard InChI is InChI=1S/C18H16N2O/c21-18(13-19-15-9-2-1-3-10-15)20-17-12-6-8-14-7-4-5-11-16(14)17/h1-12,19H,13H2,(H,20,21). The van der Waals surface area contributed by atoms with Gasteiger partial charge in [-0.25, -0.2) is 0 Å². The molecule has 3 rings (SSSR count). The van der Waals surface area contributed by atoms with Crippen LogP contribution in [0, 0.1) is 0 Å². The molecule has 0 saturated carbocycles. The van der Waals surface area contributed by atoms with Crippen molar-refractivity contribution in [3.8, 4) is 0 Å². The number of carbonyl (C=O) groups is 1. The zero-order chi connectivity index (χ0) is 14.5. The topological polar surface area (TPSA) is 41.1 Å². The molecule has 0 aliphatic carbocycles. The van der Waals surface area contributed by atoms with Crippen molar-refractivity contribution in [2.45, 2.75) is 0 Å². The third-order valence-electron chi connectivity index (χ3n) is 3.29. The summed E-state index contributed by atoms with van der Waals surface area (Å²) >= 11 is 0.